The lowest BCUT2D eigenvalue weighted by Crippen LogP contribution is -2.62. The van der Waals surface area contributed by atoms with Crippen molar-refractivity contribution < 1.29 is 58.5 Å². The van der Waals surface area contributed by atoms with Crippen LogP contribution in [0.4, 0.5) is 5.69 Å². The lowest BCUT2D eigenvalue weighted by Gasteiger charge is -2.32. The number of carbonyl (C=O) groups excluding carboxylic acids is 7. The van der Waals surface area contributed by atoms with Gasteiger partial charge in [0.2, 0.25) is 41.4 Å². The number of likely N-dealkylation sites (tertiary alicyclic amines) is 1. The van der Waals surface area contributed by atoms with Crippen molar-refractivity contribution in [3.05, 3.63) is 77.9 Å². The fraction of sp³-hybridized carbons (Fsp3) is 0.500. The van der Waals surface area contributed by atoms with Gasteiger partial charge in [0, 0.05) is 49.9 Å². The first kappa shape index (κ1) is 60.3. The molecule has 26 heteroatoms. The summed E-state index contributed by atoms with van der Waals surface area (Å²) in [5.41, 5.74) is 24.4. The number of aromatic nitrogens is 2. The normalized spacial score (nSPS) is 16.3. The second-order valence-electron chi connectivity index (χ2n) is 19.1. The first-order valence-electron chi connectivity index (χ1n) is 25.0. The van der Waals surface area contributed by atoms with Crippen LogP contribution in [0.15, 0.2) is 66.0 Å². The first-order valence-corrected chi connectivity index (χ1v) is 25.0. The Morgan fingerprint density at radius 3 is 1.91 bits per heavy atom. The van der Waals surface area contributed by atoms with E-state index in [0.717, 1.165) is 0 Å². The van der Waals surface area contributed by atoms with Crippen LogP contribution in [0.2, 0.25) is 0 Å². The van der Waals surface area contributed by atoms with E-state index in [1.54, 1.807) is 52.0 Å². The maximum Gasteiger partial charge on any atom is 0.326 e. The molecule has 0 spiro atoms. The Morgan fingerprint density at radius 1 is 0.750 bits per heavy atom. The molecule has 1 saturated heterocycles. The number of nitrogens with zero attached hydrogens (tertiary/aromatic N) is 3. The number of rotatable bonds is 29. The molecule has 4 rings (SSSR count). The number of phenolic OH excluding ortho intramolecular Hbond substituents is 1. The number of hydrogen-bond donors (Lipinski definition) is 14. The van der Waals surface area contributed by atoms with E-state index < -0.39 is 120 Å². The lowest BCUT2D eigenvalue weighted by molar-refractivity contribution is -0.145. The average molecular weight is 1060 g/mol. The number of carboxylic acid groups (broad SMARTS) is 2. The minimum atomic E-state index is -1.51. The molecule has 0 aliphatic carbocycles. The Kier molecular flexibility index (Phi) is 23.0. The van der Waals surface area contributed by atoms with Crippen molar-refractivity contribution in [2.75, 3.05) is 18.8 Å². The summed E-state index contributed by atoms with van der Waals surface area (Å²) in [6.45, 7) is 6.87. The van der Waals surface area contributed by atoms with E-state index in [1.807, 2.05) is 0 Å². The number of aliphatic imine (C=N–C) groups is 1. The lowest BCUT2D eigenvalue weighted by atomic mass is 9.96. The molecule has 1 fully saturated rings. The van der Waals surface area contributed by atoms with E-state index in [9.17, 15) is 58.5 Å². The van der Waals surface area contributed by atoms with Crippen LogP contribution < -0.4 is 54.8 Å². The van der Waals surface area contributed by atoms with Gasteiger partial charge in [0.05, 0.1) is 18.8 Å². The molecule has 76 heavy (non-hydrogen) atoms. The number of guanidine groups is 1. The number of aromatic amines is 1. The van der Waals surface area contributed by atoms with Gasteiger partial charge in [-0.2, -0.15) is 0 Å². The minimum absolute atomic E-state index is 0.0582. The topological polar surface area (TPSA) is 435 Å². The summed E-state index contributed by atoms with van der Waals surface area (Å²) in [5.74, 6) is -9.76. The van der Waals surface area contributed by atoms with Crippen LogP contribution in [-0.4, -0.2) is 151 Å². The number of carbonyl (C=O) groups is 9. The van der Waals surface area contributed by atoms with Crippen molar-refractivity contribution in [1.82, 2.24) is 46.8 Å². The van der Waals surface area contributed by atoms with E-state index in [4.69, 9.17) is 22.9 Å². The SMILES string of the molecule is CC[C@H](C)[C@H](NC(=O)[C@H](Cc1ccc(O)cc1)NC(=O)[C@@H](NC(=O)[C@H](CCCN=C(N)N)NC(=O)[C@@H](N)CC(=O)O)C(C)C)C(=O)N[C@@H](Cc1cnc[nH]1)C(=O)N1CCC[C@H]1C(=O)N[C@@H](Cc1ccc(N)cc1)C(=O)O. The van der Waals surface area contributed by atoms with E-state index in [1.165, 1.54) is 41.7 Å². The molecule has 3 aromatic rings. The molecule has 7 amide bonds. The molecule has 2 heterocycles. The van der Waals surface area contributed by atoms with Crippen molar-refractivity contribution in [3.8, 4) is 5.75 Å². The molecule has 1 aliphatic heterocycles. The quantitative estimate of drug-likeness (QED) is 0.0159. The van der Waals surface area contributed by atoms with E-state index in [2.05, 4.69) is 46.9 Å². The molecule has 1 aromatic heterocycles. The minimum Gasteiger partial charge on any atom is -0.508 e. The summed E-state index contributed by atoms with van der Waals surface area (Å²) in [5, 5.41) is 45.1. The molecule has 9 atom stereocenters. The van der Waals surface area contributed by atoms with Gasteiger partial charge in [-0.3, -0.25) is 43.3 Å². The van der Waals surface area contributed by atoms with Gasteiger partial charge in [0.1, 0.15) is 48.0 Å². The summed E-state index contributed by atoms with van der Waals surface area (Å²) in [6, 6.07) is 1.60. The van der Waals surface area contributed by atoms with Crippen LogP contribution in [0.1, 0.15) is 83.0 Å². The number of amides is 7. The third-order valence-electron chi connectivity index (χ3n) is 12.8. The molecular weight excluding hydrogens is 989 g/mol. The third-order valence-corrected chi connectivity index (χ3v) is 12.8. The number of nitrogens with two attached hydrogens (primary N) is 4. The summed E-state index contributed by atoms with van der Waals surface area (Å²) in [4.78, 5) is 134. The van der Waals surface area contributed by atoms with Gasteiger partial charge in [-0.05, 0) is 72.9 Å². The number of nitrogens with one attached hydrogen (secondary N) is 7. The number of benzene rings is 2. The number of anilines is 1. The molecule has 0 saturated carbocycles. The van der Waals surface area contributed by atoms with Crippen LogP contribution in [0.25, 0.3) is 0 Å². The maximum absolute atomic E-state index is 14.6. The Morgan fingerprint density at radius 2 is 1.33 bits per heavy atom. The summed E-state index contributed by atoms with van der Waals surface area (Å²) in [6.07, 6.45) is 2.79. The highest BCUT2D eigenvalue weighted by molar-refractivity contribution is 5.98. The number of aliphatic carboxylic acids is 2. The van der Waals surface area contributed by atoms with Crippen LogP contribution in [0.3, 0.4) is 0 Å². The van der Waals surface area contributed by atoms with Crippen molar-refractivity contribution >= 4 is 64.9 Å². The van der Waals surface area contributed by atoms with Gasteiger partial charge in [-0.1, -0.05) is 58.4 Å². The number of H-pyrrole nitrogens is 1. The summed E-state index contributed by atoms with van der Waals surface area (Å²) in [7, 11) is 0. The van der Waals surface area contributed by atoms with Crippen LogP contribution in [0.5, 0.6) is 5.75 Å². The predicted octanol–water partition coefficient (Wildman–Crippen LogP) is -1.73. The van der Waals surface area contributed by atoms with Crippen molar-refractivity contribution in [2.45, 2.75) is 134 Å². The van der Waals surface area contributed by atoms with E-state index in [-0.39, 0.29) is 63.3 Å². The Bertz CT molecular complexity index is 2500. The fourth-order valence-corrected chi connectivity index (χ4v) is 8.35. The van der Waals surface area contributed by atoms with Crippen LogP contribution in [-0.2, 0) is 62.4 Å². The van der Waals surface area contributed by atoms with Crippen molar-refractivity contribution in [3.63, 3.8) is 0 Å². The zero-order valence-corrected chi connectivity index (χ0v) is 43.0. The van der Waals surface area contributed by atoms with Crippen LogP contribution >= 0.6 is 0 Å². The largest absolute Gasteiger partial charge is 0.508 e. The van der Waals surface area contributed by atoms with Gasteiger partial charge in [-0.15, -0.1) is 0 Å². The molecule has 0 bridgehead atoms. The number of imidazole rings is 1. The van der Waals surface area contributed by atoms with Gasteiger partial charge < -0.3 is 80.0 Å². The standard InChI is InChI=1S/C50H72N14O12/c1-5-27(4)41(47(73)60-36(22-31-24-55-25-57-31)48(74)64-19-7-9-38(64)45(71)61-37(49(75)76)21-28-10-14-30(51)15-11-28)63-44(70)35(20-29-12-16-32(65)17-13-29)59-46(72)40(26(2)3)62-43(69)34(8-6-18-56-50(53)54)58-42(68)33(52)23-39(66)67/h10-17,24-27,33-38,40-41,65H,5-9,18-23,51-52H2,1-4H3,(H,55,57)(H,58,68)(H,59,72)(H,60,73)(H,61,71)(H,62,69)(H,63,70)(H,66,67)(H,75,76)(H4,53,54,56)/t27-,33-,34-,35-,36-,37-,38-,40-,41-/m0/s1. The summed E-state index contributed by atoms with van der Waals surface area (Å²) < 4.78 is 0. The number of aromatic hydroxyl groups is 1. The Hall–Kier alpha value is -8.29. The third kappa shape index (κ3) is 18.6. The molecule has 0 unspecified atom stereocenters. The average Bonchev–Trinajstić information content (AvgIpc) is 4.09. The van der Waals surface area contributed by atoms with Gasteiger partial charge in [0.25, 0.3) is 0 Å². The molecular formula is C50H72N14O12. The maximum atomic E-state index is 14.6. The summed E-state index contributed by atoms with van der Waals surface area (Å²) >= 11 is 0. The molecule has 2 aromatic carbocycles. The predicted molar refractivity (Wildman–Crippen MR) is 277 cm³/mol. The Labute approximate surface area is 439 Å². The first-order chi connectivity index (χ1) is 36.0. The highest BCUT2D eigenvalue weighted by Gasteiger charge is 2.41. The molecule has 26 nitrogen and oxygen atoms in total. The van der Waals surface area contributed by atoms with E-state index >= 15 is 0 Å². The number of carboxylic acids is 2. The van der Waals surface area contributed by atoms with Gasteiger partial charge >= 0.3 is 11.9 Å². The number of hydrogen-bond acceptors (Lipinski definition) is 14. The highest BCUT2D eigenvalue weighted by Crippen LogP contribution is 2.22. The Balaban J connectivity index is 1.59. The smallest absolute Gasteiger partial charge is 0.326 e. The second kappa shape index (κ2) is 29.0. The molecule has 414 valence electrons. The highest BCUT2D eigenvalue weighted by atomic mass is 16.4. The zero-order valence-electron chi connectivity index (χ0n) is 43.0. The molecule has 1 aliphatic rings. The zero-order chi connectivity index (χ0) is 56.2. The van der Waals surface area contributed by atoms with Crippen molar-refractivity contribution in [1.29, 1.82) is 0 Å². The van der Waals surface area contributed by atoms with Crippen molar-refractivity contribution in [2.24, 2.45) is 34.0 Å². The van der Waals surface area contributed by atoms with Gasteiger partial charge in [-0.25, -0.2) is 9.78 Å². The monoisotopic (exact) mass is 1060 g/mol. The molecule has 18 N–H and O–H groups in total. The van der Waals surface area contributed by atoms with E-state index in [0.29, 0.717) is 35.3 Å². The van der Waals surface area contributed by atoms with Gasteiger partial charge in [0.15, 0.2) is 5.96 Å². The van der Waals surface area contributed by atoms with Crippen LogP contribution in [0, 0.1) is 11.8 Å². The molecule has 0 radical (unpaired) electrons. The second-order valence-corrected chi connectivity index (χ2v) is 19.1. The fourth-order valence-electron chi connectivity index (χ4n) is 8.35. The number of phenols is 1. The number of nitrogen functional groups attached to an aromatic ring is 1.